The molecule has 2 aliphatic rings. The van der Waals surface area contributed by atoms with Crippen molar-refractivity contribution in [3.8, 4) is 5.75 Å². The third kappa shape index (κ3) is 3.18. The third-order valence-corrected chi connectivity index (χ3v) is 5.38. The van der Waals surface area contributed by atoms with Crippen molar-refractivity contribution in [2.24, 2.45) is 11.3 Å². The van der Waals surface area contributed by atoms with Gasteiger partial charge < -0.3 is 20.1 Å². The molecular weight excluding hydrogens is 324 g/mol. The minimum atomic E-state index is -0.814. The van der Waals surface area contributed by atoms with Gasteiger partial charge in [-0.2, -0.15) is 0 Å². The zero-order valence-corrected chi connectivity index (χ0v) is 14.2. The number of aliphatic carboxylic acids is 1. The number of ether oxygens (including phenoxy) is 1. The van der Waals surface area contributed by atoms with Gasteiger partial charge in [0.25, 0.3) is 5.91 Å². The van der Waals surface area contributed by atoms with Crippen molar-refractivity contribution in [3.05, 3.63) is 29.8 Å². The van der Waals surface area contributed by atoms with Crippen LogP contribution in [0.15, 0.2) is 24.3 Å². The molecule has 25 heavy (non-hydrogen) atoms. The van der Waals surface area contributed by atoms with Crippen LogP contribution < -0.4 is 10.1 Å². The van der Waals surface area contributed by atoms with Gasteiger partial charge in [-0.3, -0.25) is 14.4 Å². The molecule has 134 valence electrons. The molecule has 0 spiro atoms. The number of carboxylic acids is 1. The van der Waals surface area contributed by atoms with Crippen LogP contribution in [0.5, 0.6) is 5.75 Å². The van der Waals surface area contributed by atoms with Crippen LogP contribution in [0.3, 0.4) is 0 Å². The van der Waals surface area contributed by atoms with Gasteiger partial charge in [0, 0.05) is 18.7 Å². The van der Waals surface area contributed by atoms with Gasteiger partial charge in [-0.25, -0.2) is 0 Å². The molecule has 7 heteroatoms. The lowest BCUT2D eigenvalue weighted by molar-refractivity contribution is -0.149. The molecule has 7 nitrogen and oxygen atoms in total. The molecule has 1 heterocycles. The van der Waals surface area contributed by atoms with Crippen LogP contribution in [0.4, 0.5) is 0 Å². The fourth-order valence-electron chi connectivity index (χ4n) is 3.96. The highest BCUT2D eigenvalue weighted by Crippen LogP contribution is 2.48. The summed E-state index contributed by atoms with van der Waals surface area (Å²) in [4.78, 5) is 37.8. The standard InChI is InChI=1S/C18H22N2O5/c1-25-14-6-2-4-12(8-14)16(22)19-9-15(21)20-10-13-5-3-7-18(13,11-20)17(23)24/h2,4,6,8,13H,3,5,7,9-11H2,1H3,(H,19,22)(H,23,24)/t13-,18+/m0/s1. The van der Waals surface area contributed by atoms with Crippen molar-refractivity contribution in [3.63, 3.8) is 0 Å². The van der Waals surface area contributed by atoms with E-state index in [9.17, 15) is 19.5 Å². The number of hydrogen-bond acceptors (Lipinski definition) is 4. The van der Waals surface area contributed by atoms with Gasteiger partial charge in [0.15, 0.2) is 0 Å². The maximum absolute atomic E-state index is 12.4. The molecule has 0 unspecified atom stereocenters. The Labute approximate surface area is 146 Å². The van der Waals surface area contributed by atoms with Crippen molar-refractivity contribution < 1.29 is 24.2 Å². The van der Waals surface area contributed by atoms with Gasteiger partial charge in [0.1, 0.15) is 5.75 Å². The van der Waals surface area contributed by atoms with Crippen LogP contribution >= 0.6 is 0 Å². The molecule has 0 radical (unpaired) electrons. The van der Waals surface area contributed by atoms with E-state index in [-0.39, 0.29) is 30.8 Å². The predicted octanol–water partition coefficient (Wildman–Crippen LogP) is 1.14. The van der Waals surface area contributed by atoms with E-state index in [1.165, 1.54) is 7.11 Å². The maximum Gasteiger partial charge on any atom is 0.311 e. The van der Waals surface area contributed by atoms with E-state index in [0.717, 1.165) is 12.8 Å². The second kappa shape index (κ2) is 6.74. The summed E-state index contributed by atoms with van der Waals surface area (Å²) < 4.78 is 5.08. The molecule has 0 bridgehead atoms. The van der Waals surface area contributed by atoms with E-state index in [0.29, 0.717) is 24.3 Å². The Hall–Kier alpha value is -2.57. The number of carbonyl (C=O) groups is 3. The smallest absolute Gasteiger partial charge is 0.311 e. The summed E-state index contributed by atoms with van der Waals surface area (Å²) in [7, 11) is 1.52. The summed E-state index contributed by atoms with van der Waals surface area (Å²) >= 11 is 0. The monoisotopic (exact) mass is 346 g/mol. The lowest BCUT2D eigenvalue weighted by Crippen LogP contribution is -2.41. The molecule has 2 amide bonds. The Morgan fingerprint density at radius 1 is 1.40 bits per heavy atom. The molecule has 2 atom stereocenters. The largest absolute Gasteiger partial charge is 0.497 e. The first-order valence-electron chi connectivity index (χ1n) is 8.40. The van der Waals surface area contributed by atoms with E-state index in [4.69, 9.17) is 4.74 Å². The van der Waals surface area contributed by atoms with Crippen LogP contribution in [-0.4, -0.2) is 54.5 Å². The van der Waals surface area contributed by atoms with Crippen LogP contribution in [0.1, 0.15) is 29.6 Å². The molecule has 2 N–H and O–H groups in total. The third-order valence-electron chi connectivity index (χ3n) is 5.38. The minimum Gasteiger partial charge on any atom is -0.497 e. The van der Waals surface area contributed by atoms with Crippen molar-refractivity contribution in [2.75, 3.05) is 26.7 Å². The highest BCUT2D eigenvalue weighted by Gasteiger charge is 2.55. The van der Waals surface area contributed by atoms with Crippen LogP contribution in [0.25, 0.3) is 0 Å². The number of carbonyl (C=O) groups excluding carboxylic acids is 2. The molecule has 1 aliphatic heterocycles. The highest BCUT2D eigenvalue weighted by atomic mass is 16.5. The lowest BCUT2D eigenvalue weighted by Gasteiger charge is -2.23. The summed E-state index contributed by atoms with van der Waals surface area (Å²) in [6, 6.07) is 6.67. The number of hydrogen-bond donors (Lipinski definition) is 2. The number of benzene rings is 1. The Balaban J connectivity index is 1.58. The molecule has 2 fully saturated rings. The quantitative estimate of drug-likeness (QED) is 0.833. The number of rotatable bonds is 5. The molecule has 1 aromatic rings. The molecule has 1 saturated carbocycles. The number of nitrogens with zero attached hydrogens (tertiary/aromatic N) is 1. The summed E-state index contributed by atoms with van der Waals surface area (Å²) in [6.07, 6.45) is 2.35. The normalized spacial score (nSPS) is 24.7. The predicted molar refractivity (Wildman–Crippen MR) is 89.3 cm³/mol. The van der Waals surface area contributed by atoms with E-state index < -0.39 is 11.4 Å². The molecule has 3 rings (SSSR count). The van der Waals surface area contributed by atoms with Crippen LogP contribution in [-0.2, 0) is 9.59 Å². The van der Waals surface area contributed by atoms with E-state index in [1.54, 1.807) is 29.2 Å². The van der Waals surface area contributed by atoms with Crippen molar-refractivity contribution in [2.45, 2.75) is 19.3 Å². The first-order valence-corrected chi connectivity index (χ1v) is 8.40. The number of methoxy groups -OCH3 is 1. The molecular formula is C18H22N2O5. The molecule has 0 aromatic heterocycles. The minimum absolute atomic E-state index is 0.0167. The summed E-state index contributed by atoms with van der Waals surface area (Å²) in [5, 5.41) is 12.2. The lowest BCUT2D eigenvalue weighted by atomic mass is 9.81. The second-order valence-corrected chi connectivity index (χ2v) is 6.74. The van der Waals surface area contributed by atoms with E-state index >= 15 is 0 Å². The van der Waals surface area contributed by atoms with Gasteiger partial charge in [-0.05, 0) is 37.0 Å². The number of fused-ring (bicyclic) bond motifs is 1. The molecule has 1 aliphatic carbocycles. The Bertz CT molecular complexity index is 704. The van der Waals surface area contributed by atoms with Crippen molar-refractivity contribution >= 4 is 17.8 Å². The van der Waals surface area contributed by atoms with Crippen molar-refractivity contribution in [1.82, 2.24) is 10.2 Å². The van der Waals surface area contributed by atoms with E-state index in [1.807, 2.05) is 0 Å². The average Bonchev–Trinajstić information content (AvgIpc) is 3.18. The zero-order valence-electron chi connectivity index (χ0n) is 14.2. The Morgan fingerprint density at radius 3 is 2.88 bits per heavy atom. The number of nitrogens with one attached hydrogen (secondary N) is 1. The SMILES string of the molecule is COc1cccc(C(=O)NCC(=O)N2C[C@@H]3CCC[C@@]3(C(=O)O)C2)c1. The Kier molecular flexibility index (Phi) is 4.65. The van der Waals surface area contributed by atoms with Crippen LogP contribution in [0, 0.1) is 11.3 Å². The number of carboxylic acid groups (broad SMARTS) is 1. The first-order chi connectivity index (χ1) is 12.0. The Morgan fingerprint density at radius 2 is 2.20 bits per heavy atom. The highest BCUT2D eigenvalue weighted by molar-refractivity contribution is 5.96. The number of amides is 2. The van der Waals surface area contributed by atoms with Gasteiger partial charge >= 0.3 is 5.97 Å². The average molecular weight is 346 g/mol. The fraction of sp³-hybridized carbons (Fsp3) is 0.500. The first kappa shape index (κ1) is 17.3. The summed E-state index contributed by atoms with van der Waals surface area (Å²) in [5.74, 6) is -0.839. The topological polar surface area (TPSA) is 95.9 Å². The summed E-state index contributed by atoms with van der Waals surface area (Å²) in [6.45, 7) is 0.555. The van der Waals surface area contributed by atoms with Gasteiger partial charge in [0.05, 0.1) is 19.1 Å². The van der Waals surface area contributed by atoms with E-state index in [2.05, 4.69) is 5.32 Å². The van der Waals surface area contributed by atoms with Gasteiger partial charge in [-0.15, -0.1) is 0 Å². The second-order valence-electron chi connectivity index (χ2n) is 6.74. The number of likely N-dealkylation sites (tertiary alicyclic amines) is 1. The van der Waals surface area contributed by atoms with Gasteiger partial charge in [0.2, 0.25) is 5.91 Å². The van der Waals surface area contributed by atoms with Crippen molar-refractivity contribution in [1.29, 1.82) is 0 Å². The van der Waals surface area contributed by atoms with Gasteiger partial charge in [-0.1, -0.05) is 12.5 Å². The molecule has 1 saturated heterocycles. The van der Waals surface area contributed by atoms with Crippen LogP contribution in [0.2, 0.25) is 0 Å². The summed E-state index contributed by atoms with van der Waals surface area (Å²) in [5.41, 5.74) is -0.389. The molecule has 1 aromatic carbocycles. The zero-order chi connectivity index (χ0) is 18.0. The fourth-order valence-corrected chi connectivity index (χ4v) is 3.96. The maximum atomic E-state index is 12.4.